The monoisotopic (exact) mass is 359 g/mol. The number of nitrogens with zero attached hydrogens (tertiary/aromatic N) is 2. The number of sulfonamides is 1. The van der Waals surface area contributed by atoms with Gasteiger partial charge in [0, 0.05) is 39.1 Å². The minimum Gasteiger partial charge on any atom is -0.356 e. The van der Waals surface area contributed by atoms with E-state index in [1.165, 1.54) is 4.31 Å². The van der Waals surface area contributed by atoms with Crippen LogP contribution in [-0.2, 0) is 19.6 Å². The van der Waals surface area contributed by atoms with Gasteiger partial charge < -0.3 is 10.2 Å². The molecule has 0 spiro atoms. The normalized spacial score (nSPS) is 22.8. The van der Waals surface area contributed by atoms with Crippen molar-refractivity contribution in [2.75, 3.05) is 38.5 Å². The molecule has 2 rings (SSSR count). The first-order valence-corrected chi connectivity index (χ1v) is 10.6. The molecule has 0 aliphatic carbocycles. The van der Waals surface area contributed by atoms with Crippen molar-refractivity contribution in [1.29, 1.82) is 0 Å². The molecule has 2 amide bonds. The van der Waals surface area contributed by atoms with Gasteiger partial charge in [0.25, 0.3) is 0 Å². The second-order valence-electron chi connectivity index (χ2n) is 6.64. The molecular formula is C16H29N3O4S. The molecule has 0 bridgehead atoms. The van der Waals surface area contributed by atoms with Gasteiger partial charge in [-0.2, -0.15) is 0 Å². The van der Waals surface area contributed by atoms with Crippen molar-refractivity contribution in [3.05, 3.63) is 0 Å². The average Bonchev–Trinajstić information content (AvgIpc) is 2.96. The number of piperidine rings is 1. The van der Waals surface area contributed by atoms with Gasteiger partial charge in [0.2, 0.25) is 21.8 Å². The minimum absolute atomic E-state index is 0.0702. The Labute approximate surface area is 144 Å². The third-order valence-electron chi connectivity index (χ3n) is 4.69. The third-order valence-corrected chi connectivity index (χ3v) is 6.73. The molecular weight excluding hydrogens is 330 g/mol. The van der Waals surface area contributed by atoms with Gasteiger partial charge in [0.15, 0.2) is 0 Å². The van der Waals surface area contributed by atoms with Crippen molar-refractivity contribution in [1.82, 2.24) is 14.5 Å². The maximum absolute atomic E-state index is 12.3. The molecule has 2 heterocycles. The number of carbonyl (C=O) groups excluding carboxylic acids is 2. The van der Waals surface area contributed by atoms with Gasteiger partial charge in [-0.25, -0.2) is 12.7 Å². The van der Waals surface area contributed by atoms with Gasteiger partial charge in [0.1, 0.15) is 0 Å². The molecule has 2 aliphatic heterocycles. The van der Waals surface area contributed by atoms with E-state index >= 15 is 0 Å². The van der Waals surface area contributed by atoms with E-state index in [0.29, 0.717) is 39.0 Å². The number of likely N-dealkylation sites (tertiary alicyclic amines) is 1. The lowest BCUT2D eigenvalue weighted by Crippen LogP contribution is -2.46. The van der Waals surface area contributed by atoms with Gasteiger partial charge >= 0.3 is 0 Å². The number of rotatable bonds is 8. The Kier molecular flexibility index (Phi) is 7.03. The van der Waals surface area contributed by atoms with E-state index in [9.17, 15) is 18.0 Å². The first-order chi connectivity index (χ1) is 11.4. The maximum atomic E-state index is 12.3. The highest BCUT2D eigenvalue weighted by Crippen LogP contribution is 2.20. The van der Waals surface area contributed by atoms with E-state index in [4.69, 9.17) is 0 Å². The summed E-state index contributed by atoms with van der Waals surface area (Å²) in [6.07, 6.45) is 4.34. The fourth-order valence-electron chi connectivity index (χ4n) is 3.36. The van der Waals surface area contributed by atoms with Crippen LogP contribution < -0.4 is 5.32 Å². The molecule has 7 nitrogen and oxygen atoms in total. The Morgan fingerprint density at radius 1 is 1.29 bits per heavy atom. The van der Waals surface area contributed by atoms with E-state index in [0.717, 1.165) is 32.2 Å². The first kappa shape index (κ1) is 19.2. The van der Waals surface area contributed by atoms with Crippen molar-refractivity contribution in [2.24, 2.45) is 5.92 Å². The smallest absolute Gasteiger partial charge is 0.224 e. The van der Waals surface area contributed by atoms with Crippen LogP contribution in [0.25, 0.3) is 0 Å². The summed E-state index contributed by atoms with van der Waals surface area (Å²) in [6, 6.07) is 0. The van der Waals surface area contributed by atoms with Crippen LogP contribution in [0.1, 0.15) is 45.4 Å². The van der Waals surface area contributed by atoms with E-state index in [2.05, 4.69) is 5.32 Å². The number of hydrogen-bond acceptors (Lipinski definition) is 4. The van der Waals surface area contributed by atoms with Crippen molar-refractivity contribution >= 4 is 21.8 Å². The van der Waals surface area contributed by atoms with Crippen molar-refractivity contribution in [2.45, 2.75) is 45.4 Å². The average molecular weight is 359 g/mol. The Bertz CT molecular complexity index is 550. The van der Waals surface area contributed by atoms with Crippen molar-refractivity contribution < 1.29 is 18.0 Å². The quantitative estimate of drug-likeness (QED) is 0.642. The minimum atomic E-state index is -3.23. The van der Waals surface area contributed by atoms with E-state index < -0.39 is 10.0 Å². The number of nitrogens with one attached hydrogen (secondary N) is 1. The lowest BCUT2D eigenvalue weighted by atomic mass is 9.99. The Morgan fingerprint density at radius 2 is 2.08 bits per heavy atom. The third kappa shape index (κ3) is 5.17. The van der Waals surface area contributed by atoms with Crippen LogP contribution >= 0.6 is 0 Å². The number of amides is 2. The highest BCUT2D eigenvalue weighted by atomic mass is 32.2. The van der Waals surface area contributed by atoms with Crippen LogP contribution in [0.2, 0.25) is 0 Å². The predicted octanol–water partition coefficient (Wildman–Crippen LogP) is 0.567. The van der Waals surface area contributed by atoms with Gasteiger partial charge in [-0.15, -0.1) is 0 Å². The zero-order chi connectivity index (χ0) is 17.6. The summed E-state index contributed by atoms with van der Waals surface area (Å²) < 4.78 is 25.8. The standard InChI is InChI=1S/C16H29N3O4S/c1-2-12-24(22,23)19-11-3-6-14(13-19)16(21)17-8-5-10-18-9-4-7-15(18)20/h14H,2-13H2,1H3,(H,17,21)/t14-/m0/s1. The van der Waals surface area contributed by atoms with E-state index in [1.54, 1.807) is 0 Å². The number of hydrogen-bond donors (Lipinski definition) is 1. The molecule has 0 unspecified atom stereocenters. The highest BCUT2D eigenvalue weighted by molar-refractivity contribution is 7.89. The molecule has 1 atom stereocenters. The summed E-state index contributed by atoms with van der Waals surface area (Å²) >= 11 is 0. The second-order valence-corrected chi connectivity index (χ2v) is 8.73. The fourth-order valence-corrected chi connectivity index (χ4v) is 4.95. The van der Waals surface area contributed by atoms with Crippen LogP contribution in [0.5, 0.6) is 0 Å². The van der Waals surface area contributed by atoms with Crippen molar-refractivity contribution in [3.63, 3.8) is 0 Å². The van der Waals surface area contributed by atoms with Gasteiger partial charge in [-0.05, 0) is 32.1 Å². The zero-order valence-electron chi connectivity index (χ0n) is 14.5. The summed E-state index contributed by atoms with van der Waals surface area (Å²) in [7, 11) is -3.23. The molecule has 24 heavy (non-hydrogen) atoms. The Hall–Kier alpha value is -1.15. The topological polar surface area (TPSA) is 86.8 Å². The summed E-state index contributed by atoms with van der Waals surface area (Å²) in [6.45, 7) is 4.68. The molecule has 0 radical (unpaired) electrons. The Balaban J connectivity index is 1.72. The number of carbonyl (C=O) groups is 2. The summed E-state index contributed by atoms with van der Waals surface area (Å²) in [5, 5.41) is 2.90. The lowest BCUT2D eigenvalue weighted by Gasteiger charge is -2.31. The molecule has 138 valence electrons. The summed E-state index contributed by atoms with van der Waals surface area (Å²) in [5.41, 5.74) is 0. The molecule has 1 N–H and O–H groups in total. The van der Waals surface area contributed by atoms with Crippen molar-refractivity contribution in [3.8, 4) is 0 Å². The first-order valence-electron chi connectivity index (χ1n) is 8.97. The van der Waals surface area contributed by atoms with E-state index in [-0.39, 0.29) is 23.5 Å². The van der Waals surface area contributed by atoms with Crippen LogP contribution in [0, 0.1) is 5.92 Å². The maximum Gasteiger partial charge on any atom is 0.224 e. The van der Waals surface area contributed by atoms with Crippen LogP contribution in [0.4, 0.5) is 0 Å². The predicted molar refractivity (Wildman–Crippen MR) is 91.8 cm³/mol. The SMILES string of the molecule is CCCS(=O)(=O)N1CCC[C@H](C(=O)NCCCN2CCCC2=O)C1. The summed E-state index contributed by atoms with van der Waals surface area (Å²) in [5.74, 6) is 0.00824. The zero-order valence-corrected chi connectivity index (χ0v) is 15.3. The molecule has 8 heteroatoms. The van der Waals surface area contributed by atoms with Crippen LogP contribution in [0.3, 0.4) is 0 Å². The fraction of sp³-hybridized carbons (Fsp3) is 0.875. The summed E-state index contributed by atoms with van der Waals surface area (Å²) in [4.78, 5) is 25.6. The lowest BCUT2D eigenvalue weighted by molar-refractivity contribution is -0.127. The Morgan fingerprint density at radius 3 is 2.75 bits per heavy atom. The van der Waals surface area contributed by atoms with Crippen LogP contribution in [0.15, 0.2) is 0 Å². The largest absolute Gasteiger partial charge is 0.356 e. The highest BCUT2D eigenvalue weighted by Gasteiger charge is 2.31. The van der Waals surface area contributed by atoms with E-state index in [1.807, 2.05) is 11.8 Å². The molecule has 2 fully saturated rings. The van der Waals surface area contributed by atoms with Gasteiger partial charge in [-0.1, -0.05) is 6.92 Å². The van der Waals surface area contributed by atoms with Crippen LogP contribution in [-0.4, -0.2) is 67.9 Å². The molecule has 2 saturated heterocycles. The van der Waals surface area contributed by atoms with Gasteiger partial charge in [0.05, 0.1) is 11.7 Å². The van der Waals surface area contributed by atoms with Gasteiger partial charge in [-0.3, -0.25) is 9.59 Å². The molecule has 0 aromatic carbocycles. The molecule has 2 aliphatic rings. The molecule has 0 aromatic rings. The second kappa shape index (κ2) is 8.80. The molecule has 0 saturated carbocycles. The molecule has 0 aromatic heterocycles.